The van der Waals surface area contributed by atoms with E-state index in [0.29, 0.717) is 11.3 Å². The van der Waals surface area contributed by atoms with Gasteiger partial charge in [-0.1, -0.05) is 27.7 Å². The Balaban J connectivity index is 2.35. The lowest BCUT2D eigenvalue weighted by atomic mass is 9.55. The van der Waals surface area contributed by atoms with Crippen LogP contribution in [-0.4, -0.2) is 11.2 Å². The lowest BCUT2D eigenvalue weighted by Crippen LogP contribution is -2.49. The van der Waals surface area contributed by atoms with E-state index in [1.54, 1.807) is 0 Å². The minimum absolute atomic E-state index is 0.0574. The summed E-state index contributed by atoms with van der Waals surface area (Å²) in [5.74, 6) is 1.43. The molecule has 4 atom stereocenters. The van der Waals surface area contributed by atoms with Crippen LogP contribution in [0.5, 0.6) is 0 Å². The second-order valence-electron chi connectivity index (χ2n) is 6.44. The van der Waals surface area contributed by atoms with Gasteiger partial charge in [-0.3, -0.25) is 0 Å². The van der Waals surface area contributed by atoms with Gasteiger partial charge in [0.1, 0.15) is 0 Å². The molecule has 2 fully saturated rings. The summed E-state index contributed by atoms with van der Waals surface area (Å²) < 4.78 is 0. The van der Waals surface area contributed by atoms with Crippen molar-refractivity contribution in [2.75, 3.05) is 0 Å². The van der Waals surface area contributed by atoms with E-state index in [2.05, 4.69) is 27.7 Å². The Hall–Kier alpha value is -0.0400. The summed E-state index contributed by atoms with van der Waals surface area (Å²) in [7, 11) is 0. The average molecular weight is 196 g/mol. The lowest BCUT2D eigenvalue weighted by Gasteiger charge is -2.52. The highest BCUT2D eigenvalue weighted by Gasteiger charge is 2.56. The first-order chi connectivity index (χ1) is 6.39. The molecule has 1 heteroatoms. The highest BCUT2D eigenvalue weighted by atomic mass is 16.3. The number of hydrogen-bond donors (Lipinski definition) is 1. The van der Waals surface area contributed by atoms with Crippen molar-refractivity contribution < 1.29 is 5.11 Å². The summed E-state index contributed by atoms with van der Waals surface area (Å²) in [6, 6.07) is 0. The third kappa shape index (κ3) is 1.18. The molecule has 2 aliphatic carbocycles. The molecule has 0 aliphatic heterocycles. The number of hydrogen-bond acceptors (Lipinski definition) is 1. The fraction of sp³-hybridized carbons (Fsp3) is 1.00. The second-order valence-corrected chi connectivity index (χ2v) is 6.44. The largest absolute Gasteiger partial charge is 0.393 e. The Morgan fingerprint density at radius 1 is 1.07 bits per heavy atom. The van der Waals surface area contributed by atoms with Gasteiger partial charge in [0.15, 0.2) is 0 Å². The van der Waals surface area contributed by atoms with E-state index in [-0.39, 0.29) is 11.5 Å². The lowest BCUT2D eigenvalue weighted by molar-refractivity contribution is -0.0990. The van der Waals surface area contributed by atoms with Crippen LogP contribution in [-0.2, 0) is 0 Å². The third-order valence-electron chi connectivity index (χ3n) is 5.42. The van der Waals surface area contributed by atoms with Crippen LogP contribution in [0, 0.1) is 22.7 Å². The topological polar surface area (TPSA) is 20.2 Å². The van der Waals surface area contributed by atoms with E-state index < -0.39 is 0 Å². The van der Waals surface area contributed by atoms with Gasteiger partial charge in [0.05, 0.1) is 6.10 Å². The highest BCUT2D eigenvalue weighted by molar-refractivity contribution is 5.05. The SMILES string of the molecule is CC1CC[C@@H]2C(C)(C)CC[C@H](O)[C@@]12C. The predicted molar refractivity (Wildman–Crippen MR) is 59.0 cm³/mol. The van der Waals surface area contributed by atoms with Gasteiger partial charge in [0.2, 0.25) is 0 Å². The molecule has 2 saturated carbocycles. The Morgan fingerprint density at radius 3 is 2.29 bits per heavy atom. The van der Waals surface area contributed by atoms with E-state index in [1.807, 2.05) is 0 Å². The predicted octanol–water partition coefficient (Wildman–Crippen LogP) is 3.22. The molecule has 82 valence electrons. The summed E-state index contributed by atoms with van der Waals surface area (Å²) in [4.78, 5) is 0. The van der Waals surface area contributed by atoms with Crippen molar-refractivity contribution in [1.29, 1.82) is 0 Å². The van der Waals surface area contributed by atoms with Gasteiger partial charge in [-0.05, 0) is 48.3 Å². The summed E-state index contributed by atoms with van der Waals surface area (Å²) >= 11 is 0. The van der Waals surface area contributed by atoms with Crippen molar-refractivity contribution in [2.45, 2.75) is 59.5 Å². The van der Waals surface area contributed by atoms with Crippen LogP contribution in [0.2, 0.25) is 0 Å². The molecule has 0 bridgehead atoms. The van der Waals surface area contributed by atoms with Gasteiger partial charge < -0.3 is 5.11 Å². The van der Waals surface area contributed by atoms with Gasteiger partial charge in [0, 0.05) is 0 Å². The van der Waals surface area contributed by atoms with Crippen molar-refractivity contribution in [3.05, 3.63) is 0 Å². The molecule has 0 radical (unpaired) electrons. The monoisotopic (exact) mass is 196 g/mol. The minimum atomic E-state index is -0.0574. The normalized spacial score (nSPS) is 51.6. The summed E-state index contributed by atoms with van der Waals surface area (Å²) in [6.07, 6.45) is 4.77. The van der Waals surface area contributed by atoms with Crippen LogP contribution in [0.25, 0.3) is 0 Å². The Kier molecular flexibility index (Phi) is 2.23. The Bertz CT molecular complexity index is 233. The van der Waals surface area contributed by atoms with Crippen LogP contribution >= 0.6 is 0 Å². The van der Waals surface area contributed by atoms with Crippen LogP contribution in [0.4, 0.5) is 0 Å². The van der Waals surface area contributed by atoms with Crippen molar-refractivity contribution in [3.8, 4) is 0 Å². The maximum atomic E-state index is 10.2. The first-order valence-corrected chi connectivity index (χ1v) is 6.07. The number of rotatable bonds is 0. The van der Waals surface area contributed by atoms with Crippen LogP contribution < -0.4 is 0 Å². The van der Waals surface area contributed by atoms with Crippen LogP contribution in [0.15, 0.2) is 0 Å². The Morgan fingerprint density at radius 2 is 1.71 bits per heavy atom. The van der Waals surface area contributed by atoms with E-state index in [4.69, 9.17) is 0 Å². The van der Waals surface area contributed by atoms with Crippen molar-refractivity contribution in [2.24, 2.45) is 22.7 Å². The molecule has 2 rings (SSSR count). The molecule has 1 N–H and O–H groups in total. The van der Waals surface area contributed by atoms with E-state index in [1.165, 1.54) is 19.3 Å². The van der Waals surface area contributed by atoms with Crippen molar-refractivity contribution in [3.63, 3.8) is 0 Å². The maximum absolute atomic E-state index is 10.2. The molecule has 14 heavy (non-hydrogen) atoms. The summed E-state index contributed by atoms with van der Waals surface area (Å²) in [6.45, 7) is 9.42. The van der Waals surface area contributed by atoms with E-state index in [9.17, 15) is 5.11 Å². The number of aliphatic hydroxyl groups is 1. The molecule has 0 heterocycles. The fourth-order valence-corrected chi connectivity index (χ4v) is 4.17. The second kappa shape index (κ2) is 2.98. The maximum Gasteiger partial charge on any atom is 0.0599 e. The first-order valence-electron chi connectivity index (χ1n) is 6.07. The molecule has 0 aromatic rings. The minimum Gasteiger partial charge on any atom is -0.393 e. The molecule has 2 aliphatic rings. The molecule has 0 amide bonds. The zero-order valence-electron chi connectivity index (χ0n) is 10.0. The van der Waals surface area contributed by atoms with E-state index in [0.717, 1.165) is 12.3 Å². The Labute approximate surface area is 87.9 Å². The van der Waals surface area contributed by atoms with Gasteiger partial charge in [-0.15, -0.1) is 0 Å². The molecular formula is C13H24O. The zero-order valence-corrected chi connectivity index (χ0v) is 10.0. The highest BCUT2D eigenvalue weighted by Crippen LogP contribution is 2.61. The number of fused-ring (bicyclic) bond motifs is 1. The van der Waals surface area contributed by atoms with Crippen molar-refractivity contribution >= 4 is 0 Å². The van der Waals surface area contributed by atoms with Gasteiger partial charge in [-0.2, -0.15) is 0 Å². The van der Waals surface area contributed by atoms with Crippen LogP contribution in [0.1, 0.15) is 53.4 Å². The summed E-state index contributed by atoms with van der Waals surface area (Å²) in [5, 5.41) is 10.2. The van der Waals surface area contributed by atoms with Crippen molar-refractivity contribution in [1.82, 2.24) is 0 Å². The standard InChI is InChI=1S/C13H24O/c1-9-5-6-10-12(2,3)8-7-11(14)13(9,10)4/h9-11,14H,5-8H2,1-4H3/t9?,10-,11+,13+/m1/s1. The molecule has 0 aromatic heterocycles. The number of aliphatic hydroxyl groups excluding tert-OH is 1. The molecule has 0 spiro atoms. The fourth-order valence-electron chi connectivity index (χ4n) is 4.17. The molecule has 0 saturated heterocycles. The van der Waals surface area contributed by atoms with Gasteiger partial charge >= 0.3 is 0 Å². The third-order valence-corrected chi connectivity index (χ3v) is 5.42. The molecule has 1 nitrogen and oxygen atoms in total. The smallest absolute Gasteiger partial charge is 0.0599 e. The molecular weight excluding hydrogens is 172 g/mol. The van der Waals surface area contributed by atoms with Gasteiger partial charge in [-0.25, -0.2) is 0 Å². The van der Waals surface area contributed by atoms with Gasteiger partial charge in [0.25, 0.3) is 0 Å². The molecule has 1 unspecified atom stereocenters. The van der Waals surface area contributed by atoms with Crippen LogP contribution in [0.3, 0.4) is 0 Å². The summed E-state index contributed by atoms with van der Waals surface area (Å²) in [5.41, 5.74) is 0.639. The first kappa shape index (κ1) is 10.5. The quantitative estimate of drug-likeness (QED) is 0.630. The average Bonchev–Trinajstić information content (AvgIpc) is 2.40. The molecule has 0 aromatic carbocycles. The van der Waals surface area contributed by atoms with E-state index >= 15 is 0 Å². The zero-order chi connectivity index (χ0) is 10.6.